The molecular weight excluding hydrogens is 266 g/mol. The molecule has 0 fully saturated rings. The van der Waals surface area contributed by atoms with Crippen LogP contribution in [0.1, 0.15) is 30.0 Å². The molecule has 4 nitrogen and oxygen atoms in total. The number of carboxylic acids is 1. The Morgan fingerprint density at radius 2 is 1.38 bits per heavy atom. The number of hydrogen-bond donors (Lipinski definition) is 2. The standard InChI is InChI=1S/C17H17NO3/c1-12(13-8-4-2-5-9-13)16(19)18-15(17(20)21)14-10-6-3-7-11-14/h2-12,15H,1H3,(H,18,19)(H,20,21)/t12?,15-/m0/s1. The molecule has 1 amide bonds. The van der Waals surface area contributed by atoms with Gasteiger partial charge in [-0.3, -0.25) is 4.79 Å². The molecule has 0 bridgehead atoms. The molecule has 0 saturated carbocycles. The summed E-state index contributed by atoms with van der Waals surface area (Å²) in [6.07, 6.45) is 0. The molecule has 0 radical (unpaired) electrons. The molecule has 21 heavy (non-hydrogen) atoms. The van der Waals surface area contributed by atoms with Crippen LogP contribution in [0, 0.1) is 0 Å². The highest BCUT2D eigenvalue weighted by Crippen LogP contribution is 2.18. The molecule has 108 valence electrons. The first-order chi connectivity index (χ1) is 10.1. The van der Waals surface area contributed by atoms with Crippen LogP contribution in [0.3, 0.4) is 0 Å². The minimum Gasteiger partial charge on any atom is -0.479 e. The number of amides is 1. The Bertz CT molecular complexity index is 610. The van der Waals surface area contributed by atoms with Gasteiger partial charge in [0.05, 0.1) is 5.92 Å². The average molecular weight is 283 g/mol. The first kappa shape index (κ1) is 14.8. The second-order valence-electron chi connectivity index (χ2n) is 4.82. The van der Waals surface area contributed by atoms with Crippen LogP contribution >= 0.6 is 0 Å². The lowest BCUT2D eigenvalue weighted by atomic mass is 9.99. The van der Waals surface area contributed by atoms with Gasteiger partial charge in [-0.2, -0.15) is 0 Å². The van der Waals surface area contributed by atoms with Gasteiger partial charge in [0, 0.05) is 0 Å². The molecule has 0 aliphatic heterocycles. The molecule has 0 spiro atoms. The zero-order chi connectivity index (χ0) is 15.2. The van der Waals surface area contributed by atoms with Crippen LogP contribution in [0.2, 0.25) is 0 Å². The van der Waals surface area contributed by atoms with Crippen molar-refractivity contribution in [1.29, 1.82) is 0 Å². The zero-order valence-electron chi connectivity index (χ0n) is 11.7. The fourth-order valence-corrected chi connectivity index (χ4v) is 2.09. The molecule has 0 heterocycles. The average Bonchev–Trinajstić information content (AvgIpc) is 2.53. The van der Waals surface area contributed by atoms with Crippen molar-refractivity contribution in [3.63, 3.8) is 0 Å². The summed E-state index contributed by atoms with van der Waals surface area (Å²) in [7, 11) is 0. The summed E-state index contributed by atoms with van der Waals surface area (Å²) in [6, 6.07) is 16.9. The summed E-state index contributed by atoms with van der Waals surface area (Å²) in [5.74, 6) is -1.79. The van der Waals surface area contributed by atoms with Crippen molar-refractivity contribution in [3.05, 3.63) is 71.8 Å². The van der Waals surface area contributed by atoms with Crippen molar-refractivity contribution in [2.75, 3.05) is 0 Å². The van der Waals surface area contributed by atoms with Crippen molar-refractivity contribution in [1.82, 2.24) is 5.32 Å². The summed E-state index contributed by atoms with van der Waals surface area (Å²) in [6.45, 7) is 1.76. The predicted molar refractivity (Wildman–Crippen MR) is 79.8 cm³/mol. The third kappa shape index (κ3) is 3.69. The highest BCUT2D eigenvalue weighted by molar-refractivity contribution is 5.88. The smallest absolute Gasteiger partial charge is 0.330 e. The van der Waals surface area contributed by atoms with Gasteiger partial charge in [-0.25, -0.2) is 4.79 Å². The maximum atomic E-state index is 12.3. The maximum Gasteiger partial charge on any atom is 0.330 e. The molecule has 4 heteroatoms. The summed E-state index contributed by atoms with van der Waals surface area (Å²) >= 11 is 0. The zero-order valence-corrected chi connectivity index (χ0v) is 11.7. The number of aliphatic carboxylic acids is 1. The number of hydrogen-bond acceptors (Lipinski definition) is 2. The van der Waals surface area contributed by atoms with Gasteiger partial charge in [-0.15, -0.1) is 0 Å². The Hall–Kier alpha value is -2.62. The second-order valence-corrected chi connectivity index (χ2v) is 4.82. The Kier molecular flexibility index (Phi) is 4.72. The van der Waals surface area contributed by atoms with Crippen LogP contribution in [-0.2, 0) is 9.59 Å². The third-order valence-electron chi connectivity index (χ3n) is 3.36. The van der Waals surface area contributed by atoms with Gasteiger partial charge < -0.3 is 10.4 Å². The number of carbonyl (C=O) groups excluding carboxylic acids is 1. The van der Waals surface area contributed by atoms with E-state index in [0.29, 0.717) is 5.56 Å². The second kappa shape index (κ2) is 6.70. The summed E-state index contributed by atoms with van der Waals surface area (Å²) in [5, 5.41) is 11.9. The van der Waals surface area contributed by atoms with Crippen LogP contribution in [0.15, 0.2) is 60.7 Å². The van der Waals surface area contributed by atoms with E-state index in [1.54, 1.807) is 37.3 Å². The van der Waals surface area contributed by atoms with E-state index in [2.05, 4.69) is 5.32 Å². The topological polar surface area (TPSA) is 66.4 Å². The Labute approximate surface area is 123 Å². The van der Waals surface area contributed by atoms with Gasteiger partial charge in [-0.05, 0) is 18.1 Å². The van der Waals surface area contributed by atoms with Gasteiger partial charge in [-0.1, -0.05) is 60.7 Å². The van der Waals surface area contributed by atoms with Crippen LogP contribution in [0.4, 0.5) is 0 Å². The highest BCUT2D eigenvalue weighted by atomic mass is 16.4. The Morgan fingerprint density at radius 3 is 1.86 bits per heavy atom. The van der Waals surface area contributed by atoms with Crippen molar-refractivity contribution in [3.8, 4) is 0 Å². The lowest BCUT2D eigenvalue weighted by molar-refractivity contribution is -0.142. The van der Waals surface area contributed by atoms with E-state index >= 15 is 0 Å². The lowest BCUT2D eigenvalue weighted by Gasteiger charge is -2.18. The molecule has 1 unspecified atom stereocenters. The Morgan fingerprint density at radius 1 is 0.905 bits per heavy atom. The fraction of sp³-hybridized carbons (Fsp3) is 0.176. The Balaban J connectivity index is 2.14. The fourth-order valence-electron chi connectivity index (χ4n) is 2.09. The number of carboxylic acid groups (broad SMARTS) is 1. The third-order valence-corrected chi connectivity index (χ3v) is 3.36. The first-order valence-electron chi connectivity index (χ1n) is 6.72. The molecular formula is C17H17NO3. The van der Waals surface area contributed by atoms with E-state index in [9.17, 15) is 14.7 Å². The van der Waals surface area contributed by atoms with E-state index in [1.165, 1.54) is 0 Å². The van der Waals surface area contributed by atoms with Crippen LogP contribution in [0.5, 0.6) is 0 Å². The number of nitrogens with one attached hydrogen (secondary N) is 1. The van der Waals surface area contributed by atoms with E-state index < -0.39 is 17.9 Å². The van der Waals surface area contributed by atoms with Crippen LogP contribution < -0.4 is 5.32 Å². The molecule has 0 aromatic heterocycles. The van der Waals surface area contributed by atoms with Gasteiger partial charge in [0.15, 0.2) is 6.04 Å². The molecule has 2 aromatic rings. The molecule has 0 aliphatic rings. The quantitative estimate of drug-likeness (QED) is 0.886. The van der Waals surface area contributed by atoms with Crippen LogP contribution in [-0.4, -0.2) is 17.0 Å². The molecule has 2 rings (SSSR count). The lowest BCUT2D eigenvalue weighted by Crippen LogP contribution is -2.36. The predicted octanol–water partition coefficient (Wildman–Crippen LogP) is 2.73. The molecule has 2 N–H and O–H groups in total. The van der Waals surface area contributed by atoms with Gasteiger partial charge in [0.1, 0.15) is 0 Å². The van der Waals surface area contributed by atoms with Crippen molar-refractivity contribution in [2.24, 2.45) is 0 Å². The summed E-state index contributed by atoms with van der Waals surface area (Å²) in [4.78, 5) is 23.6. The number of carbonyl (C=O) groups is 2. The normalized spacial score (nSPS) is 13.2. The summed E-state index contributed by atoms with van der Waals surface area (Å²) < 4.78 is 0. The SMILES string of the molecule is CC(C(=O)N[C@H](C(=O)O)c1ccccc1)c1ccccc1. The molecule has 2 atom stereocenters. The van der Waals surface area contributed by atoms with Gasteiger partial charge in [0.2, 0.25) is 5.91 Å². The van der Waals surface area contributed by atoms with Gasteiger partial charge >= 0.3 is 5.97 Å². The van der Waals surface area contributed by atoms with E-state index in [4.69, 9.17) is 0 Å². The minimum absolute atomic E-state index is 0.308. The minimum atomic E-state index is -1.07. The van der Waals surface area contributed by atoms with E-state index in [0.717, 1.165) is 5.56 Å². The van der Waals surface area contributed by atoms with Crippen molar-refractivity contribution < 1.29 is 14.7 Å². The van der Waals surface area contributed by atoms with Crippen LogP contribution in [0.25, 0.3) is 0 Å². The van der Waals surface area contributed by atoms with Crippen molar-refractivity contribution >= 4 is 11.9 Å². The summed E-state index contributed by atoms with van der Waals surface area (Å²) in [5.41, 5.74) is 1.41. The van der Waals surface area contributed by atoms with E-state index in [-0.39, 0.29) is 5.91 Å². The monoisotopic (exact) mass is 283 g/mol. The molecule has 2 aromatic carbocycles. The highest BCUT2D eigenvalue weighted by Gasteiger charge is 2.24. The largest absolute Gasteiger partial charge is 0.479 e. The van der Waals surface area contributed by atoms with Crippen molar-refractivity contribution in [2.45, 2.75) is 18.9 Å². The first-order valence-corrected chi connectivity index (χ1v) is 6.72. The van der Waals surface area contributed by atoms with Gasteiger partial charge in [0.25, 0.3) is 0 Å². The number of rotatable bonds is 5. The molecule has 0 saturated heterocycles. The maximum absolute atomic E-state index is 12.3. The van der Waals surface area contributed by atoms with E-state index in [1.807, 2.05) is 30.3 Å². The molecule has 0 aliphatic carbocycles. The number of benzene rings is 2.